The predicted octanol–water partition coefficient (Wildman–Crippen LogP) is -3.14. The lowest BCUT2D eigenvalue weighted by molar-refractivity contribution is -0.159. The van der Waals surface area contributed by atoms with Gasteiger partial charge in [0, 0.05) is 6.92 Å². The molecular formula is C8H13NO7. The first-order chi connectivity index (χ1) is 7.31. The Bertz CT molecular complexity index is 280. The van der Waals surface area contributed by atoms with Crippen LogP contribution in [0.1, 0.15) is 6.92 Å². The second-order valence-electron chi connectivity index (χ2n) is 3.13. The third kappa shape index (κ3) is 3.93. The van der Waals surface area contributed by atoms with Crippen molar-refractivity contribution in [2.75, 3.05) is 0 Å². The molecule has 5 N–H and O–H groups in total. The molecule has 0 aromatic heterocycles. The van der Waals surface area contributed by atoms with E-state index < -0.39 is 36.2 Å². The molecule has 0 saturated carbocycles. The Morgan fingerprint density at radius 1 is 1.19 bits per heavy atom. The van der Waals surface area contributed by atoms with Crippen molar-refractivity contribution in [1.82, 2.24) is 5.32 Å². The predicted molar refractivity (Wildman–Crippen MR) is 49.3 cm³/mol. The van der Waals surface area contributed by atoms with E-state index in [-0.39, 0.29) is 6.29 Å². The molecule has 92 valence electrons. The van der Waals surface area contributed by atoms with Crippen molar-refractivity contribution in [3.63, 3.8) is 0 Å². The average Bonchev–Trinajstić information content (AvgIpc) is 2.22. The molecule has 1 amide bonds. The summed E-state index contributed by atoms with van der Waals surface area (Å²) in [5, 5.41) is 37.7. The van der Waals surface area contributed by atoms with E-state index in [2.05, 4.69) is 0 Å². The van der Waals surface area contributed by atoms with Crippen molar-refractivity contribution in [2.24, 2.45) is 0 Å². The minimum absolute atomic E-state index is 0.129. The maximum atomic E-state index is 10.6. The third-order valence-corrected chi connectivity index (χ3v) is 1.81. The van der Waals surface area contributed by atoms with Crippen molar-refractivity contribution in [3.05, 3.63) is 0 Å². The molecule has 0 aromatic rings. The Hall–Kier alpha value is -1.51. The van der Waals surface area contributed by atoms with Gasteiger partial charge < -0.3 is 30.5 Å². The standard InChI is InChI=1S/C8H13NO7/c1-3(11)9-4(2-10)5(12)6(13)7(14)8(15)16/h2,4-7,12-14H,1H3,(H,9,11)(H,15,16)/t4-,5+,6+,7+/m1/s1. The molecule has 0 aliphatic heterocycles. The molecule has 0 spiro atoms. The van der Waals surface area contributed by atoms with Crippen LogP contribution in [0.5, 0.6) is 0 Å². The van der Waals surface area contributed by atoms with Crippen LogP contribution in [0.15, 0.2) is 0 Å². The van der Waals surface area contributed by atoms with Gasteiger partial charge in [0.1, 0.15) is 24.5 Å². The van der Waals surface area contributed by atoms with Crippen molar-refractivity contribution in [1.29, 1.82) is 0 Å². The maximum Gasteiger partial charge on any atom is 0.335 e. The lowest BCUT2D eigenvalue weighted by Crippen LogP contribution is -2.53. The van der Waals surface area contributed by atoms with Crippen LogP contribution in [0.25, 0.3) is 0 Å². The molecule has 8 heteroatoms. The Balaban J connectivity index is 4.60. The first kappa shape index (κ1) is 14.5. The summed E-state index contributed by atoms with van der Waals surface area (Å²) in [7, 11) is 0. The number of carbonyl (C=O) groups excluding carboxylic acids is 2. The van der Waals surface area contributed by atoms with Gasteiger partial charge >= 0.3 is 5.97 Å². The number of carboxylic acid groups (broad SMARTS) is 1. The number of nitrogens with one attached hydrogen (secondary N) is 1. The molecule has 0 heterocycles. The van der Waals surface area contributed by atoms with E-state index in [0.717, 1.165) is 6.92 Å². The third-order valence-electron chi connectivity index (χ3n) is 1.81. The zero-order chi connectivity index (χ0) is 12.9. The van der Waals surface area contributed by atoms with E-state index in [1.807, 2.05) is 5.32 Å². The Morgan fingerprint density at radius 3 is 2.00 bits per heavy atom. The molecule has 0 saturated heterocycles. The van der Waals surface area contributed by atoms with Gasteiger partial charge in [-0.15, -0.1) is 0 Å². The first-order valence-corrected chi connectivity index (χ1v) is 4.30. The maximum absolute atomic E-state index is 10.6. The molecule has 4 atom stereocenters. The SMILES string of the molecule is CC(=O)N[C@H](C=O)[C@H](O)[C@H](O)[C@H](O)C(=O)O. The zero-order valence-corrected chi connectivity index (χ0v) is 8.40. The minimum Gasteiger partial charge on any atom is -0.479 e. The van der Waals surface area contributed by atoms with Gasteiger partial charge in [0.25, 0.3) is 0 Å². The summed E-state index contributed by atoms with van der Waals surface area (Å²) in [6.07, 6.45) is -6.11. The lowest BCUT2D eigenvalue weighted by Gasteiger charge is -2.24. The van der Waals surface area contributed by atoms with Crippen LogP contribution in [0, 0.1) is 0 Å². The van der Waals surface area contributed by atoms with Crippen LogP contribution >= 0.6 is 0 Å². The van der Waals surface area contributed by atoms with Gasteiger partial charge in [0.2, 0.25) is 5.91 Å². The number of hydrogen-bond acceptors (Lipinski definition) is 6. The summed E-state index contributed by atoms with van der Waals surface area (Å²) < 4.78 is 0. The van der Waals surface area contributed by atoms with Gasteiger partial charge in [0.15, 0.2) is 6.10 Å². The first-order valence-electron chi connectivity index (χ1n) is 4.30. The summed E-state index contributed by atoms with van der Waals surface area (Å²) in [5.41, 5.74) is 0. The van der Waals surface area contributed by atoms with Gasteiger partial charge in [-0.3, -0.25) is 4.79 Å². The molecule has 0 fully saturated rings. The molecular weight excluding hydrogens is 222 g/mol. The van der Waals surface area contributed by atoms with Gasteiger partial charge in [-0.1, -0.05) is 0 Å². The molecule has 0 aliphatic rings. The van der Waals surface area contributed by atoms with Crippen LogP contribution in [0.4, 0.5) is 0 Å². The van der Waals surface area contributed by atoms with E-state index >= 15 is 0 Å². The van der Waals surface area contributed by atoms with Gasteiger partial charge in [-0.2, -0.15) is 0 Å². The van der Waals surface area contributed by atoms with Gasteiger partial charge in [-0.05, 0) is 0 Å². The number of rotatable bonds is 6. The molecule has 0 aliphatic carbocycles. The van der Waals surface area contributed by atoms with E-state index in [1.54, 1.807) is 0 Å². The Morgan fingerprint density at radius 2 is 1.69 bits per heavy atom. The monoisotopic (exact) mass is 235 g/mol. The molecule has 0 radical (unpaired) electrons. The van der Waals surface area contributed by atoms with Gasteiger partial charge in [-0.25, -0.2) is 4.79 Å². The fraction of sp³-hybridized carbons (Fsp3) is 0.625. The zero-order valence-electron chi connectivity index (χ0n) is 8.40. The average molecular weight is 235 g/mol. The molecule has 0 unspecified atom stereocenters. The largest absolute Gasteiger partial charge is 0.479 e. The van der Waals surface area contributed by atoms with Crippen LogP contribution in [0.3, 0.4) is 0 Å². The summed E-state index contributed by atoms with van der Waals surface area (Å²) in [5.74, 6) is -2.40. The number of carboxylic acids is 1. The number of aldehydes is 1. The number of aliphatic hydroxyl groups is 3. The highest BCUT2D eigenvalue weighted by molar-refractivity contribution is 5.78. The van der Waals surface area contributed by atoms with Crippen LogP contribution in [-0.2, 0) is 14.4 Å². The van der Waals surface area contributed by atoms with Crippen LogP contribution in [0.2, 0.25) is 0 Å². The summed E-state index contributed by atoms with van der Waals surface area (Å²) in [6.45, 7) is 1.07. The summed E-state index contributed by atoms with van der Waals surface area (Å²) in [6, 6.07) is -1.48. The molecule has 8 nitrogen and oxygen atoms in total. The Labute approximate surface area is 90.5 Å². The summed E-state index contributed by atoms with van der Waals surface area (Å²) >= 11 is 0. The number of amides is 1. The van der Waals surface area contributed by atoms with Crippen molar-refractivity contribution in [2.45, 2.75) is 31.3 Å². The smallest absolute Gasteiger partial charge is 0.335 e. The quantitative estimate of drug-likeness (QED) is 0.306. The normalized spacial score (nSPS) is 18.0. The molecule has 0 bridgehead atoms. The number of carbonyl (C=O) groups is 3. The van der Waals surface area contributed by atoms with Crippen molar-refractivity contribution >= 4 is 18.2 Å². The number of hydrogen-bond donors (Lipinski definition) is 5. The topological polar surface area (TPSA) is 144 Å². The highest BCUT2D eigenvalue weighted by Gasteiger charge is 2.35. The molecule has 16 heavy (non-hydrogen) atoms. The highest BCUT2D eigenvalue weighted by atomic mass is 16.4. The Kier molecular flexibility index (Phi) is 5.57. The van der Waals surface area contributed by atoms with E-state index in [0.29, 0.717) is 0 Å². The van der Waals surface area contributed by atoms with E-state index in [1.165, 1.54) is 0 Å². The fourth-order valence-electron chi connectivity index (χ4n) is 0.980. The van der Waals surface area contributed by atoms with Crippen LogP contribution in [-0.4, -0.2) is 62.9 Å². The summed E-state index contributed by atoms with van der Waals surface area (Å²) in [4.78, 5) is 31.3. The second-order valence-corrected chi connectivity index (χ2v) is 3.13. The van der Waals surface area contributed by atoms with Gasteiger partial charge in [0.05, 0.1) is 0 Å². The number of aliphatic carboxylic acids is 1. The van der Waals surface area contributed by atoms with E-state index in [4.69, 9.17) is 10.2 Å². The fourth-order valence-corrected chi connectivity index (χ4v) is 0.980. The molecule has 0 aromatic carbocycles. The molecule has 0 rings (SSSR count). The minimum atomic E-state index is -2.24. The van der Waals surface area contributed by atoms with Crippen molar-refractivity contribution in [3.8, 4) is 0 Å². The lowest BCUT2D eigenvalue weighted by atomic mass is 10.0. The van der Waals surface area contributed by atoms with Crippen LogP contribution < -0.4 is 5.32 Å². The second kappa shape index (κ2) is 6.16. The van der Waals surface area contributed by atoms with Crippen molar-refractivity contribution < 1.29 is 34.8 Å². The number of aliphatic hydroxyl groups excluding tert-OH is 3. The van der Waals surface area contributed by atoms with E-state index in [9.17, 15) is 24.6 Å². The highest BCUT2D eigenvalue weighted by Crippen LogP contribution is 2.04.